The average Bonchev–Trinajstić information content (AvgIpc) is 3.05. The molecular weight excluding hydrogens is 282 g/mol. The lowest BCUT2D eigenvalue weighted by atomic mass is 9.98. The predicted molar refractivity (Wildman–Crippen MR) is 80.5 cm³/mol. The Labute approximate surface area is 129 Å². The van der Waals surface area contributed by atoms with Gasteiger partial charge in [0, 0.05) is 25.6 Å². The van der Waals surface area contributed by atoms with Crippen LogP contribution in [0.3, 0.4) is 0 Å². The van der Waals surface area contributed by atoms with Crippen LogP contribution in [0, 0.1) is 0 Å². The summed E-state index contributed by atoms with van der Waals surface area (Å²) in [4.78, 5) is 17.8. The van der Waals surface area contributed by atoms with Gasteiger partial charge in [0.1, 0.15) is 5.75 Å². The van der Waals surface area contributed by atoms with Gasteiger partial charge >= 0.3 is 0 Å². The molecule has 1 aliphatic heterocycles. The van der Waals surface area contributed by atoms with E-state index in [1.807, 2.05) is 29.2 Å². The normalized spacial score (nSPS) is 18.3. The summed E-state index contributed by atoms with van der Waals surface area (Å²) in [5.74, 6) is 2.18. The molecule has 116 valence electrons. The summed E-state index contributed by atoms with van der Waals surface area (Å²) in [6, 6.07) is 7.53. The zero-order valence-electron chi connectivity index (χ0n) is 12.8. The van der Waals surface area contributed by atoms with Gasteiger partial charge in [0.2, 0.25) is 17.6 Å². The summed E-state index contributed by atoms with van der Waals surface area (Å²) in [5.41, 5.74) is 0.884. The molecule has 1 fully saturated rings. The van der Waals surface area contributed by atoms with Gasteiger partial charge in [0.15, 0.2) is 0 Å². The number of carbonyl (C=O) groups excluding carboxylic acids is 1. The first-order valence-corrected chi connectivity index (χ1v) is 7.41. The lowest BCUT2D eigenvalue weighted by Gasteiger charge is -2.29. The standard InChI is InChI=1S/C16H19N3O3/c1-11(20)19-9-3-4-13(10-19)16-17-15(18-22-16)12-5-7-14(21-2)8-6-12/h5-8,13H,3-4,9-10H2,1-2H3. The minimum absolute atomic E-state index is 0.0968. The summed E-state index contributed by atoms with van der Waals surface area (Å²) in [6.45, 7) is 3.06. The monoisotopic (exact) mass is 301 g/mol. The molecular formula is C16H19N3O3. The third-order valence-corrected chi connectivity index (χ3v) is 4.01. The number of methoxy groups -OCH3 is 1. The van der Waals surface area contributed by atoms with Crippen molar-refractivity contribution >= 4 is 5.91 Å². The van der Waals surface area contributed by atoms with Crippen molar-refractivity contribution in [3.05, 3.63) is 30.2 Å². The maximum Gasteiger partial charge on any atom is 0.231 e. The molecule has 0 spiro atoms. The molecule has 1 amide bonds. The van der Waals surface area contributed by atoms with Crippen LogP contribution in [-0.4, -0.2) is 41.1 Å². The van der Waals surface area contributed by atoms with Crippen molar-refractivity contribution in [1.82, 2.24) is 15.0 Å². The second kappa shape index (κ2) is 6.17. The van der Waals surface area contributed by atoms with E-state index in [2.05, 4.69) is 10.1 Å². The molecule has 6 heteroatoms. The molecule has 2 heterocycles. The van der Waals surface area contributed by atoms with Crippen LogP contribution in [0.15, 0.2) is 28.8 Å². The number of hydrogen-bond acceptors (Lipinski definition) is 5. The molecule has 22 heavy (non-hydrogen) atoms. The Kier molecular flexibility index (Phi) is 4.09. The third-order valence-electron chi connectivity index (χ3n) is 4.01. The van der Waals surface area contributed by atoms with Gasteiger partial charge in [-0.1, -0.05) is 5.16 Å². The molecule has 0 saturated carbocycles. The highest BCUT2D eigenvalue weighted by molar-refractivity contribution is 5.73. The molecule has 1 saturated heterocycles. The highest BCUT2D eigenvalue weighted by atomic mass is 16.5. The number of benzene rings is 1. The molecule has 1 aromatic heterocycles. The number of aromatic nitrogens is 2. The smallest absolute Gasteiger partial charge is 0.231 e. The fourth-order valence-electron chi connectivity index (χ4n) is 2.72. The lowest BCUT2D eigenvalue weighted by Crippen LogP contribution is -2.37. The largest absolute Gasteiger partial charge is 0.497 e. The second-order valence-corrected chi connectivity index (χ2v) is 5.49. The number of nitrogens with zero attached hydrogens (tertiary/aromatic N) is 3. The predicted octanol–water partition coefficient (Wildman–Crippen LogP) is 2.47. The number of likely N-dealkylation sites (tertiary alicyclic amines) is 1. The first-order valence-electron chi connectivity index (χ1n) is 7.41. The molecule has 1 aromatic carbocycles. The van der Waals surface area contributed by atoms with E-state index in [1.54, 1.807) is 14.0 Å². The van der Waals surface area contributed by atoms with E-state index < -0.39 is 0 Å². The zero-order valence-corrected chi connectivity index (χ0v) is 12.8. The van der Waals surface area contributed by atoms with Gasteiger partial charge in [0.25, 0.3) is 0 Å². The number of rotatable bonds is 3. The first-order chi connectivity index (χ1) is 10.7. The van der Waals surface area contributed by atoms with E-state index in [0.29, 0.717) is 18.3 Å². The van der Waals surface area contributed by atoms with Crippen LogP contribution in [0.4, 0.5) is 0 Å². The van der Waals surface area contributed by atoms with E-state index in [0.717, 1.165) is 30.7 Å². The van der Waals surface area contributed by atoms with Gasteiger partial charge in [-0.3, -0.25) is 4.79 Å². The molecule has 1 aliphatic rings. The Morgan fingerprint density at radius 3 is 2.82 bits per heavy atom. The van der Waals surface area contributed by atoms with Crippen LogP contribution in [0.1, 0.15) is 31.6 Å². The molecule has 0 radical (unpaired) electrons. The SMILES string of the molecule is COc1ccc(-c2noc(C3CCCN(C(C)=O)C3)n2)cc1. The quantitative estimate of drug-likeness (QED) is 0.871. The van der Waals surface area contributed by atoms with Gasteiger partial charge < -0.3 is 14.2 Å². The number of ether oxygens (including phenoxy) is 1. The van der Waals surface area contributed by atoms with E-state index in [1.165, 1.54) is 0 Å². The summed E-state index contributed by atoms with van der Waals surface area (Å²) in [5, 5.41) is 4.06. The van der Waals surface area contributed by atoms with Crippen molar-refractivity contribution < 1.29 is 14.1 Å². The molecule has 0 bridgehead atoms. The average molecular weight is 301 g/mol. The minimum Gasteiger partial charge on any atom is -0.497 e. The van der Waals surface area contributed by atoms with E-state index in [4.69, 9.17) is 9.26 Å². The van der Waals surface area contributed by atoms with Crippen LogP contribution >= 0.6 is 0 Å². The van der Waals surface area contributed by atoms with Crippen molar-refractivity contribution in [2.75, 3.05) is 20.2 Å². The minimum atomic E-state index is 0.0968. The maximum absolute atomic E-state index is 11.5. The van der Waals surface area contributed by atoms with Crippen molar-refractivity contribution in [2.45, 2.75) is 25.7 Å². The topological polar surface area (TPSA) is 68.5 Å². The summed E-state index contributed by atoms with van der Waals surface area (Å²) in [7, 11) is 1.63. The van der Waals surface area contributed by atoms with Gasteiger partial charge in [-0.2, -0.15) is 4.98 Å². The highest BCUT2D eigenvalue weighted by Crippen LogP contribution is 2.28. The lowest BCUT2D eigenvalue weighted by molar-refractivity contribution is -0.130. The first kappa shape index (κ1) is 14.6. The summed E-state index contributed by atoms with van der Waals surface area (Å²) >= 11 is 0. The molecule has 3 rings (SSSR count). The Hall–Kier alpha value is -2.37. The van der Waals surface area contributed by atoms with Crippen molar-refractivity contribution in [2.24, 2.45) is 0 Å². The van der Waals surface area contributed by atoms with Gasteiger partial charge in [-0.05, 0) is 37.1 Å². The van der Waals surface area contributed by atoms with Crippen molar-refractivity contribution in [1.29, 1.82) is 0 Å². The number of carbonyl (C=O) groups is 1. The van der Waals surface area contributed by atoms with Crippen LogP contribution in [0.2, 0.25) is 0 Å². The van der Waals surface area contributed by atoms with Gasteiger partial charge in [0.05, 0.1) is 13.0 Å². The number of piperidine rings is 1. The molecule has 1 atom stereocenters. The maximum atomic E-state index is 11.5. The van der Waals surface area contributed by atoms with Crippen molar-refractivity contribution in [3.8, 4) is 17.1 Å². The third kappa shape index (κ3) is 2.95. The molecule has 0 N–H and O–H groups in total. The zero-order chi connectivity index (χ0) is 15.5. The van der Waals surface area contributed by atoms with E-state index in [9.17, 15) is 4.79 Å². The van der Waals surface area contributed by atoms with Gasteiger partial charge in [-0.25, -0.2) is 0 Å². The van der Waals surface area contributed by atoms with E-state index >= 15 is 0 Å². The van der Waals surface area contributed by atoms with Crippen LogP contribution in [0.5, 0.6) is 5.75 Å². The number of amides is 1. The molecule has 1 unspecified atom stereocenters. The Balaban J connectivity index is 1.76. The van der Waals surface area contributed by atoms with Crippen LogP contribution < -0.4 is 4.74 Å². The molecule has 2 aromatic rings. The fraction of sp³-hybridized carbons (Fsp3) is 0.438. The fourth-order valence-corrected chi connectivity index (χ4v) is 2.72. The van der Waals surface area contributed by atoms with E-state index in [-0.39, 0.29) is 11.8 Å². The Bertz CT molecular complexity index is 651. The summed E-state index contributed by atoms with van der Waals surface area (Å²) < 4.78 is 10.6. The van der Waals surface area contributed by atoms with Crippen LogP contribution in [-0.2, 0) is 4.79 Å². The molecule has 6 nitrogen and oxygen atoms in total. The summed E-state index contributed by atoms with van der Waals surface area (Å²) in [6.07, 6.45) is 1.93. The number of hydrogen-bond donors (Lipinski definition) is 0. The Morgan fingerprint density at radius 2 is 2.14 bits per heavy atom. The Morgan fingerprint density at radius 1 is 1.36 bits per heavy atom. The highest BCUT2D eigenvalue weighted by Gasteiger charge is 2.27. The second-order valence-electron chi connectivity index (χ2n) is 5.49. The molecule has 0 aliphatic carbocycles. The van der Waals surface area contributed by atoms with Crippen molar-refractivity contribution in [3.63, 3.8) is 0 Å². The van der Waals surface area contributed by atoms with Gasteiger partial charge in [-0.15, -0.1) is 0 Å². The van der Waals surface area contributed by atoms with Crippen LogP contribution in [0.25, 0.3) is 11.4 Å².